The number of nitrogens with zero attached hydrogens (tertiary/aromatic N) is 1. The van der Waals surface area contributed by atoms with Gasteiger partial charge in [0.25, 0.3) is 5.91 Å². The van der Waals surface area contributed by atoms with E-state index >= 15 is 0 Å². The number of sulfone groups is 1. The summed E-state index contributed by atoms with van der Waals surface area (Å²) in [5, 5.41) is 5.05. The van der Waals surface area contributed by atoms with Gasteiger partial charge >= 0.3 is 0 Å². The average molecular weight is 405 g/mol. The highest BCUT2D eigenvalue weighted by Gasteiger charge is 2.13. The molecule has 1 aromatic heterocycles. The minimum atomic E-state index is -3.36. The number of nitrogens with one attached hydrogen (secondary N) is 1. The van der Waals surface area contributed by atoms with Crippen LogP contribution in [0.5, 0.6) is 0 Å². The Bertz CT molecular complexity index is 1040. The van der Waals surface area contributed by atoms with Gasteiger partial charge in [-0.1, -0.05) is 18.2 Å². The summed E-state index contributed by atoms with van der Waals surface area (Å²) >= 11 is 2.99. The number of thiazole rings is 1. The number of aromatic nitrogens is 1. The summed E-state index contributed by atoms with van der Waals surface area (Å²) in [6.45, 7) is 0. The second-order valence-corrected chi connectivity index (χ2v) is 9.27. The van der Waals surface area contributed by atoms with E-state index in [-0.39, 0.29) is 10.5 Å². The molecule has 0 fully saturated rings. The van der Waals surface area contributed by atoms with Gasteiger partial charge in [0.1, 0.15) is 0 Å². The van der Waals surface area contributed by atoms with Gasteiger partial charge in [-0.2, -0.15) is 0 Å². The first kappa shape index (κ1) is 18.6. The predicted octanol–water partition coefficient (Wildman–Crippen LogP) is 4.19. The van der Waals surface area contributed by atoms with E-state index in [9.17, 15) is 13.2 Å². The number of hydrogen-bond acceptors (Lipinski definition) is 6. The number of carbonyl (C=O) groups is 1. The van der Waals surface area contributed by atoms with E-state index in [0.717, 1.165) is 17.5 Å². The van der Waals surface area contributed by atoms with Crippen LogP contribution in [-0.4, -0.2) is 31.8 Å². The van der Waals surface area contributed by atoms with Gasteiger partial charge in [0.05, 0.1) is 10.6 Å². The lowest BCUT2D eigenvalue weighted by Gasteiger charge is -2.04. The van der Waals surface area contributed by atoms with Gasteiger partial charge in [0, 0.05) is 27.7 Å². The maximum atomic E-state index is 12.4. The van der Waals surface area contributed by atoms with Gasteiger partial charge < -0.3 is 0 Å². The zero-order valence-corrected chi connectivity index (χ0v) is 16.5. The largest absolute Gasteiger partial charge is 0.298 e. The lowest BCUT2D eigenvalue weighted by Crippen LogP contribution is -2.12. The third-order valence-electron chi connectivity index (χ3n) is 3.63. The van der Waals surface area contributed by atoms with Crippen LogP contribution in [0.3, 0.4) is 0 Å². The number of amides is 1. The van der Waals surface area contributed by atoms with Crippen molar-refractivity contribution >= 4 is 44.0 Å². The number of benzene rings is 2. The van der Waals surface area contributed by atoms with Crippen LogP contribution >= 0.6 is 23.1 Å². The van der Waals surface area contributed by atoms with Crippen LogP contribution < -0.4 is 5.32 Å². The quantitative estimate of drug-likeness (QED) is 0.646. The van der Waals surface area contributed by atoms with Crippen molar-refractivity contribution in [3.05, 3.63) is 59.5 Å². The smallest absolute Gasteiger partial charge is 0.257 e. The molecule has 0 saturated carbocycles. The number of anilines is 1. The van der Waals surface area contributed by atoms with Crippen molar-refractivity contribution in [3.63, 3.8) is 0 Å². The van der Waals surface area contributed by atoms with E-state index in [1.54, 1.807) is 23.9 Å². The lowest BCUT2D eigenvalue weighted by molar-refractivity contribution is 0.102. The molecule has 134 valence electrons. The molecule has 0 atom stereocenters. The Labute approximate surface area is 160 Å². The monoisotopic (exact) mass is 404 g/mol. The van der Waals surface area contributed by atoms with Crippen LogP contribution in [0.4, 0.5) is 5.13 Å². The standard InChI is InChI=1S/C18H16N2O3S3/c1-24-14-8-6-12(7-9-14)16-11-25-18(19-16)20-17(21)13-4-3-5-15(10-13)26(2,22)23/h3-11H,1-2H3,(H,19,20,21). The van der Waals surface area contributed by atoms with Crippen molar-refractivity contribution in [1.29, 1.82) is 0 Å². The summed E-state index contributed by atoms with van der Waals surface area (Å²) in [7, 11) is -3.36. The van der Waals surface area contributed by atoms with Crippen molar-refractivity contribution < 1.29 is 13.2 Å². The molecule has 0 saturated heterocycles. The molecule has 26 heavy (non-hydrogen) atoms. The molecule has 0 spiro atoms. The molecule has 1 amide bonds. The average Bonchev–Trinajstić information content (AvgIpc) is 3.09. The zero-order valence-electron chi connectivity index (χ0n) is 14.1. The first-order valence-electron chi connectivity index (χ1n) is 7.58. The van der Waals surface area contributed by atoms with E-state index in [1.807, 2.05) is 35.9 Å². The zero-order chi connectivity index (χ0) is 18.7. The third-order valence-corrected chi connectivity index (χ3v) is 6.25. The fourth-order valence-electron chi connectivity index (χ4n) is 2.26. The van der Waals surface area contributed by atoms with Crippen LogP contribution in [0.1, 0.15) is 10.4 Å². The van der Waals surface area contributed by atoms with Gasteiger partial charge in [-0.15, -0.1) is 23.1 Å². The van der Waals surface area contributed by atoms with Gasteiger partial charge in [-0.25, -0.2) is 13.4 Å². The summed E-state index contributed by atoms with van der Waals surface area (Å²) in [6, 6.07) is 14.0. The first-order valence-corrected chi connectivity index (χ1v) is 11.6. The molecule has 3 rings (SSSR count). The highest BCUT2D eigenvalue weighted by Crippen LogP contribution is 2.27. The highest BCUT2D eigenvalue weighted by molar-refractivity contribution is 7.98. The number of carbonyl (C=O) groups excluding carboxylic acids is 1. The lowest BCUT2D eigenvalue weighted by atomic mass is 10.2. The highest BCUT2D eigenvalue weighted by atomic mass is 32.2. The normalized spacial score (nSPS) is 11.3. The minimum absolute atomic E-state index is 0.110. The fraction of sp³-hybridized carbons (Fsp3) is 0.111. The van der Waals surface area contributed by atoms with Gasteiger partial charge in [-0.05, 0) is 36.6 Å². The summed E-state index contributed by atoms with van der Waals surface area (Å²) in [5.74, 6) is -0.394. The molecule has 0 unspecified atom stereocenters. The predicted molar refractivity (Wildman–Crippen MR) is 107 cm³/mol. The molecule has 0 aliphatic rings. The van der Waals surface area contributed by atoms with Crippen LogP contribution in [0.25, 0.3) is 11.3 Å². The molecule has 1 N–H and O–H groups in total. The van der Waals surface area contributed by atoms with E-state index < -0.39 is 15.7 Å². The molecular formula is C18H16N2O3S3. The summed E-state index contributed by atoms with van der Waals surface area (Å²) in [5.41, 5.74) is 2.02. The summed E-state index contributed by atoms with van der Waals surface area (Å²) in [4.78, 5) is 18.1. The molecule has 2 aromatic carbocycles. The number of rotatable bonds is 5. The molecule has 5 nitrogen and oxygen atoms in total. The molecule has 3 aromatic rings. The van der Waals surface area contributed by atoms with Crippen molar-refractivity contribution in [3.8, 4) is 11.3 Å². The molecule has 1 heterocycles. The Morgan fingerprint density at radius 3 is 2.54 bits per heavy atom. The Morgan fingerprint density at radius 2 is 1.88 bits per heavy atom. The second-order valence-electron chi connectivity index (χ2n) is 5.52. The van der Waals surface area contributed by atoms with Crippen LogP contribution in [-0.2, 0) is 9.84 Å². The molecule has 0 bridgehead atoms. The molecule has 0 aliphatic heterocycles. The van der Waals surface area contributed by atoms with Crippen molar-refractivity contribution in [2.45, 2.75) is 9.79 Å². The SMILES string of the molecule is CSc1ccc(-c2csc(NC(=O)c3cccc(S(C)(=O)=O)c3)n2)cc1. The van der Waals surface area contributed by atoms with E-state index in [0.29, 0.717) is 5.13 Å². The third kappa shape index (κ3) is 4.32. The molecular weight excluding hydrogens is 388 g/mol. The Kier molecular flexibility index (Phi) is 5.45. The first-order chi connectivity index (χ1) is 12.4. The van der Waals surface area contributed by atoms with E-state index in [4.69, 9.17) is 0 Å². The topological polar surface area (TPSA) is 76.1 Å². The number of hydrogen-bond donors (Lipinski definition) is 1. The van der Waals surface area contributed by atoms with Gasteiger partial charge in [-0.3, -0.25) is 10.1 Å². The molecule has 0 aliphatic carbocycles. The molecule has 0 radical (unpaired) electrons. The van der Waals surface area contributed by atoms with Crippen molar-refractivity contribution in [2.24, 2.45) is 0 Å². The van der Waals surface area contributed by atoms with E-state index in [1.165, 1.54) is 28.4 Å². The minimum Gasteiger partial charge on any atom is -0.298 e. The maximum Gasteiger partial charge on any atom is 0.257 e. The second kappa shape index (κ2) is 7.61. The van der Waals surface area contributed by atoms with Crippen molar-refractivity contribution in [2.75, 3.05) is 17.8 Å². The Morgan fingerprint density at radius 1 is 1.15 bits per heavy atom. The molecule has 8 heteroatoms. The van der Waals surface area contributed by atoms with Gasteiger partial charge in [0.15, 0.2) is 15.0 Å². The van der Waals surface area contributed by atoms with Gasteiger partial charge in [0.2, 0.25) is 0 Å². The van der Waals surface area contributed by atoms with Crippen molar-refractivity contribution in [1.82, 2.24) is 4.98 Å². The number of thioether (sulfide) groups is 1. The Hall–Kier alpha value is -2.16. The van der Waals surface area contributed by atoms with E-state index in [2.05, 4.69) is 10.3 Å². The fourth-order valence-corrected chi connectivity index (χ4v) is 4.05. The van der Waals surface area contributed by atoms with Crippen LogP contribution in [0, 0.1) is 0 Å². The van der Waals surface area contributed by atoms with Crippen LogP contribution in [0.15, 0.2) is 63.7 Å². The summed E-state index contributed by atoms with van der Waals surface area (Å²) in [6.07, 6.45) is 3.13. The summed E-state index contributed by atoms with van der Waals surface area (Å²) < 4.78 is 23.3. The maximum absolute atomic E-state index is 12.4. The Balaban J connectivity index is 1.77. The van der Waals surface area contributed by atoms with Crippen LogP contribution in [0.2, 0.25) is 0 Å².